The van der Waals surface area contributed by atoms with Gasteiger partial charge in [0, 0.05) is 43.4 Å². The number of rotatable bonds is 5. The van der Waals surface area contributed by atoms with Gasteiger partial charge in [0.1, 0.15) is 5.58 Å². The van der Waals surface area contributed by atoms with E-state index >= 15 is 0 Å². The molecule has 5 aromatic carbocycles. The maximum atomic E-state index is 6.38. The van der Waals surface area contributed by atoms with Crippen LogP contribution in [0.1, 0.15) is 5.56 Å². The number of aromatic nitrogens is 2. The van der Waals surface area contributed by atoms with Gasteiger partial charge in [-0.2, -0.15) is 0 Å². The van der Waals surface area contributed by atoms with E-state index in [4.69, 9.17) is 9.40 Å². The average Bonchev–Trinajstić information content (AvgIpc) is 3.51. The van der Waals surface area contributed by atoms with E-state index in [0.29, 0.717) is 0 Å². The Balaban J connectivity index is 0.000000208. The second-order valence-corrected chi connectivity index (χ2v) is 18.1. The summed E-state index contributed by atoms with van der Waals surface area (Å²) >= 11 is 0. The number of nitrogens with zero attached hydrogens (tertiary/aromatic N) is 2. The summed E-state index contributed by atoms with van der Waals surface area (Å²) in [6.45, 7) is 9.12. The topological polar surface area (TPSA) is 38.9 Å². The van der Waals surface area contributed by atoms with Crippen molar-refractivity contribution in [3.05, 3.63) is 164 Å². The van der Waals surface area contributed by atoms with Gasteiger partial charge in [0.25, 0.3) is 0 Å². The van der Waals surface area contributed by atoms with E-state index in [1.807, 2.05) is 54.9 Å². The van der Waals surface area contributed by atoms with Gasteiger partial charge in [-0.3, -0.25) is 0 Å². The molecule has 0 amide bonds. The molecule has 0 aliphatic rings. The van der Waals surface area contributed by atoms with Crippen molar-refractivity contribution in [2.45, 2.75) is 26.6 Å². The summed E-state index contributed by atoms with van der Waals surface area (Å²) in [7, 11) is -1.23. The van der Waals surface area contributed by atoms with E-state index in [0.717, 1.165) is 55.6 Å². The largest absolute Gasteiger partial charge is 0.501 e. The molecule has 5 heteroatoms. The van der Waals surface area contributed by atoms with Crippen molar-refractivity contribution in [3.63, 3.8) is 0 Å². The van der Waals surface area contributed by atoms with Crippen LogP contribution in [0.15, 0.2) is 150 Å². The molecule has 0 aliphatic heterocycles. The fourth-order valence-corrected chi connectivity index (χ4v) is 6.94. The molecule has 3 heterocycles. The molecule has 0 aliphatic carbocycles. The number of hydrogen-bond acceptors (Lipinski definition) is 3. The molecule has 49 heavy (non-hydrogen) atoms. The van der Waals surface area contributed by atoms with Gasteiger partial charge in [-0.15, -0.1) is 54.1 Å². The molecule has 8 aromatic rings. The van der Waals surface area contributed by atoms with Gasteiger partial charge in [0.2, 0.25) is 0 Å². The second-order valence-electron chi connectivity index (χ2n) is 13.0. The van der Waals surface area contributed by atoms with Crippen molar-refractivity contribution in [2.24, 2.45) is 0 Å². The summed E-state index contributed by atoms with van der Waals surface area (Å²) in [4.78, 5) is 9.30. The van der Waals surface area contributed by atoms with Crippen molar-refractivity contribution in [1.29, 1.82) is 0 Å². The molecular weight excluding hydrogens is 793 g/mol. The van der Waals surface area contributed by atoms with E-state index in [9.17, 15) is 0 Å². The summed E-state index contributed by atoms with van der Waals surface area (Å²) in [5.41, 5.74) is 11.3. The summed E-state index contributed by atoms with van der Waals surface area (Å²) in [6.07, 6.45) is 3.96. The first-order valence-corrected chi connectivity index (χ1v) is 19.7. The zero-order valence-electron chi connectivity index (χ0n) is 28.0. The molecule has 0 unspecified atom stereocenters. The Bertz CT molecular complexity index is 2310. The first-order valence-electron chi connectivity index (χ1n) is 16.2. The molecule has 0 saturated heterocycles. The Kier molecular flexibility index (Phi) is 10.2. The second kappa shape index (κ2) is 14.7. The van der Waals surface area contributed by atoms with Crippen LogP contribution < -0.4 is 5.19 Å². The van der Waals surface area contributed by atoms with Gasteiger partial charge in [-0.25, -0.2) is 0 Å². The SMILES string of the molecule is C[Si](C)(C)c1ccc(-c2[c-]cccc2)nc1.Cc1cc(-c2[c-]ccc3c2oc2cc(-c4ccccc4)ccc23)ncc1-c1ccccc1.[Ir]. The van der Waals surface area contributed by atoms with Crippen molar-refractivity contribution in [1.82, 2.24) is 9.97 Å². The smallest absolute Gasteiger partial charge is 0.121 e. The van der Waals surface area contributed by atoms with Gasteiger partial charge in [-0.05, 0) is 51.8 Å². The molecule has 1 radical (unpaired) electrons. The van der Waals surface area contributed by atoms with Crippen molar-refractivity contribution < 1.29 is 24.5 Å². The summed E-state index contributed by atoms with van der Waals surface area (Å²) in [5.74, 6) is 0. The average molecular weight is 829 g/mol. The van der Waals surface area contributed by atoms with E-state index in [-0.39, 0.29) is 20.1 Å². The number of furan rings is 1. The maximum absolute atomic E-state index is 6.38. The molecule has 0 spiro atoms. The van der Waals surface area contributed by atoms with E-state index in [2.05, 4.69) is 135 Å². The third-order valence-corrected chi connectivity index (χ3v) is 10.6. The molecule has 243 valence electrons. The van der Waals surface area contributed by atoms with Crippen molar-refractivity contribution in [3.8, 4) is 44.8 Å². The number of aryl methyl sites for hydroxylation is 1. The molecule has 0 N–H and O–H groups in total. The number of benzene rings is 5. The standard InChI is InChI=1S/C30H20NO.C14H16NSi.Ir/c1-20-17-28(31-19-27(20)22-11-6-3-7-12-22)26-14-8-13-25-24-16-15-23(18-29(24)32-30(25)26)21-9-4-2-5-10-21;1-16(2,3)13-9-10-14(15-11-13)12-7-5-4-6-8-12;/h2-13,15-19H,1H3;4-7,9-11H,1-3H3;/q2*-1;. The summed E-state index contributed by atoms with van der Waals surface area (Å²) < 4.78 is 6.38. The number of pyridine rings is 2. The Morgan fingerprint density at radius 2 is 1.31 bits per heavy atom. The van der Waals surface area contributed by atoms with E-state index < -0.39 is 8.07 Å². The van der Waals surface area contributed by atoms with Crippen molar-refractivity contribution in [2.75, 3.05) is 0 Å². The first-order chi connectivity index (χ1) is 23.3. The normalized spacial score (nSPS) is 11.1. The van der Waals surface area contributed by atoms with Crippen molar-refractivity contribution >= 4 is 35.2 Å². The van der Waals surface area contributed by atoms with Crippen LogP contribution in [0.3, 0.4) is 0 Å². The van der Waals surface area contributed by atoms with Gasteiger partial charge >= 0.3 is 0 Å². The van der Waals surface area contributed by atoms with Crippen LogP contribution in [-0.4, -0.2) is 18.0 Å². The van der Waals surface area contributed by atoms with Gasteiger partial charge in [0.05, 0.1) is 13.7 Å². The van der Waals surface area contributed by atoms with Crippen LogP contribution >= 0.6 is 0 Å². The Hall–Kier alpha value is -4.93. The molecular formula is C44H36IrN2OSi-2. The van der Waals surface area contributed by atoms with E-state index in [1.54, 1.807) is 0 Å². The Morgan fingerprint density at radius 3 is 1.96 bits per heavy atom. The minimum atomic E-state index is -1.23. The minimum Gasteiger partial charge on any atom is -0.501 e. The third kappa shape index (κ3) is 7.40. The molecule has 3 aromatic heterocycles. The molecule has 0 bridgehead atoms. The Labute approximate surface area is 303 Å². The maximum Gasteiger partial charge on any atom is 0.121 e. The molecule has 8 rings (SSSR count). The number of hydrogen-bond donors (Lipinski definition) is 0. The first kappa shape index (κ1) is 33.9. The molecule has 0 atom stereocenters. The predicted octanol–water partition coefficient (Wildman–Crippen LogP) is 11.2. The minimum absolute atomic E-state index is 0. The molecule has 0 saturated carbocycles. The summed E-state index contributed by atoms with van der Waals surface area (Å²) in [5, 5.41) is 3.58. The van der Waals surface area contributed by atoms with Gasteiger partial charge in [0.15, 0.2) is 0 Å². The zero-order chi connectivity index (χ0) is 33.1. The fraction of sp³-hybridized carbons (Fsp3) is 0.0909. The third-order valence-electron chi connectivity index (χ3n) is 8.61. The predicted molar refractivity (Wildman–Crippen MR) is 203 cm³/mol. The molecule has 0 fully saturated rings. The quantitative estimate of drug-likeness (QED) is 0.128. The van der Waals surface area contributed by atoms with Crippen LogP contribution in [0.2, 0.25) is 19.6 Å². The van der Waals surface area contributed by atoms with Crippen LogP contribution in [0, 0.1) is 19.1 Å². The number of fused-ring (bicyclic) bond motifs is 3. The van der Waals surface area contributed by atoms with Crippen LogP contribution in [0.4, 0.5) is 0 Å². The Morgan fingerprint density at radius 1 is 0.592 bits per heavy atom. The molecule has 3 nitrogen and oxygen atoms in total. The van der Waals surface area contributed by atoms with Crippen LogP contribution in [-0.2, 0) is 20.1 Å². The summed E-state index contributed by atoms with van der Waals surface area (Å²) in [6, 6.07) is 52.1. The van der Waals surface area contributed by atoms with Crippen LogP contribution in [0.5, 0.6) is 0 Å². The van der Waals surface area contributed by atoms with Gasteiger partial charge < -0.3 is 14.4 Å². The van der Waals surface area contributed by atoms with Gasteiger partial charge in [-0.1, -0.05) is 122 Å². The monoisotopic (exact) mass is 829 g/mol. The van der Waals surface area contributed by atoms with Crippen LogP contribution in [0.25, 0.3) is 66.7 Å². The zero-order valence-corrected chi connectivity index (χ0v) is 31.4. The van der Waals surface area contributed by atoms with E-state index in [1.165, 1.54) is 21.9 Å². The fourth-order valence-electron chi connectivity index (χ4n) is 5.90.